The molecule has 0 aliphatic carbocycles. The summed E-state index contributed by atoms with van der Waals surface area (Å²) in [6.07, 6.45) is 2.63. The van der Waals surface area contributed by atoms with Gasteiger partial charge in [-0.3, -0.25) is 0 Å². The highest BCUT2D eigenvalue weighted by atomic mass is 16.5. The lowest BCUT2D eigenvalue weighted by Gasteiger charge is -2.09. The summed E-state index contributed by atoms with van der Waals surface area (Å²) in [5.41, 5.74) is 2.95. The summed E-state index contributed by atoms with van der Waals surface area (Å²) < 4.78 is 5.12. The highest BCUT2D eigenvalue weighted by Gasteiger charge is 2.05. The number of carbonyl (C=O) groups excluding carboxylic acids is 1. The maximum atomic E-state index is 12.0. The van der Waals surface area contributed by atoms with Crippen LogP contribution >= 0.6 is 0 Å². The van der Waals surface area contributed by atoms with Gasteiger partial charge in [0.05, 0.1) is 12.8 Å². The summed E-state index contributed by atoms with van der Waals surface area (Å²) in [5.74, 6) is 0.832. The third kappa shape index (κ3) is 3.63. The molecule has 1 heterocycles. The average Bonchev–Trinajstić information content (AvgIpc) is 3.05. The van der Waals surface area contributed by atoms with Gasteiger partial charge in [0.2, 0.25) is 0 Å². The molecule has 5 nitrogen and oxygen atoms in total. The zero-order valence-corrected chi connectivity index (χ0v) is 12.9. The molecule has 0 saturated carbocycles. The Morgan fingerprint density at radius 1 is 1.13 bits per heavy atom. The number of urea groups is 1. The van der Waals surface area contributed by atoms with Crippen LogP contribution < -0.4 is 15.4 Å². The van der Waals surface area contributed by atoms with Gasteiger partial charge in [-0.2, -0.15) is 0 Å². The van der Waals surface area contributed by atoms with Crippen molar-refractivity contribution in [3.8, 4) is 5.75 Å². The van der Waals surface area contributed by atoms with Crippen LogP contribution in [0.2, 0.25) is 0 Å². The van der Waals surface area contributed by atoms with E-state index in [0.717, 1.165) is 34.3 Å². The number of fused-ring (bicyclic) bond motifs is 1. The molecule has 23 heavy (non-hydrogen) atoms. The van der Waals surface area contributed by atoms with Gasteiger partial charge in [-0.15, -0.1) is 0 Å². The molecule has 3 rings (SSSR count). The average molecular weight is 309 g/mol. The molecule has 0 atom stereocenters. The number of H-pyrrole nitrogens is 1. The summed E-state index contributed by atoms with van der Waals surface area (Å²) in [4.78, 5) is 15.1. The first-order chi connectivity index (χ1) is 11.3. The zero-order chi connectivity index (χ0) is 16.1. The molecule has 0 radical (unpaired) electrons. The zero-order valence-electron chi connectivity index (χ0n) is 12.9. The molecule has 3 N–H and O–H groups in total. The minimum absolute atomic E-state index is 0.202. The lowest BCUT2D eigenvalue weighted by Crippen LogP contribution is -2.30. The van der Waals surface area contributed by atoms with Gasteiger partial charge in [0, 0.05) is 23.6 Å². The smallest absolute Gasteiger partial charge is 0.319 e. The van der Waals surface area contributed by atoms with Crippen molar-refractivity contribution in [3.63, 3.8) is 0 Å². The number of nitrogens with one attached hydrogen (secondary N) is 3. The van der Waals surface area contributed by atoms with Gasteiger partial charge in [0.1, 0.15) is 5.75 Å². The lowest BCUT2D eigenvalue weighted by molar-refractivity contribution is 0.252. The van der Waals surface area contributed by atoms with Crippen LogP contribution in [0, 0.1) is 0 Å². The second kappa shape index (κ2) is 6.87. The Hall–Kier alpha value is -2.95. The predicted molar refractivity (Wildman–Crippen MR) is 92.0 cm³/mol. The lowest BCUT2D eigenvalue weighted by atomic mass is 10.1. The predicted octanol–water partition coefficient (Wildman–Crippen LogP) is 3.54. The second-order valence-electron chi connectivity index (χ2n) is 5.22. The largest absolute Gasteiger partial charge is 0.497 e. The number of anilines is 1. The summed E-state index contributed by atoms with van der Waals surface area (Å²) in [7, 11) is 1.64. The number of aromatic nitrogens is 1. The van der Waals surface area contributed by atoms with Crippen molar-refractivity contribution in [2.75, 3.05) is 19.0 Å². The molecule has 0 aliphatic rings. The summed E-state index contributed by atoms with van der Waals surface area (Å²) in [5, 5.41) is 6.76. The second-order valence-corrected chi connectivity index (χ2v) is 5.22. The maximum absolute atomic E-state index is 12.0. The van der Waals surface area contributed by atoms with E-state index in [1.54, 1.807) is 7.11 Å². The van der Waals surface area contributed by atoms with Crippen LogP contribution in [0.15, 0.2) is 54.7 Å². The van der Waals surface area contributed by atoms with Crippen LogP contribution in [-0.2, 0) is 6.42 Å². The van der Waals surface area contributed by atoms with E-state index in [0.29, 0.717) is 6.54 Å². The molecule has 0 saturated heterocycles. The number of amides is 2. The number of hydrogen-bond donors (Lipinski definition) is 3. The van der Waals surface area contributed by atoms with Gasteiger partial charge in [-0.25, -0.2) is 4.79 Å². The van der Waals surface area contributed by atoms with Gasteiger partial charge >= 0.3 is 6.03 Å². The number of carbonyl (C=O) groups is 1. The Morgan fingerprint density at radius 2 is 1.96 bits per heavy atom. The van der Waals surface area contributed by atoms with Crippen LogP contribution in [0.1, 0.15) is 5.56 Å². The van der Waals surface area contributed by atoms with Gasteiger partial charge in [-0.1, -0.05) is 18.2 Å². The van der Waals surface area contributed by atoms with Crippen molar-refractivity contribution in [1.82, 2.24) is 10.3 Å². The van der Waals surface area contributed by atoms with Crippen LogP contribution in [-0.4, -0.2) is 24.7 Å². The molecule has 0 aliphatic heterocycles. The van der Waals surface area contributed by atoms with E-state index in [4.69, 9.17) is 4.74 Å². The fourth-order valence-electron chi connectivity index (χ4n) is 2.47. The van der Waals surface area contributed by atoms with Crippen LogP contribution in [0.25, 0.3) is 10.9 Å². The maximum Gasteiger partial charge on any atom is 0.319 e. The minimum Gasteiger partial charge on any atom is -0.497 e. The third-order valence-corrected chi connectivity index (χ3v) is 3.70. The number of aromatic amines is 1. The molecule has 0 bridgehead atoms. The van der Waals surface area contributed by atoms with E-state index >= 15 is 0 Å². The van der Waals surface area contributed by atoms with E-state index in [9.17, 15) is 4.79 Å². The first kappa shape index (κ1) is 15.0. The molecule has 3 aromatic rings. The first-order valence-corrected chi connectivity index (χ1v) is 7.50. The number of methoxy groups -OCH3 is 1. The van der Waals surface area contributed by atoms with Gasteiger partial charge in [0.25, 0.3) is 0 Å². The van der Waals surface area contributed by atoms with Gasteiger partial charge in [-0.05, 0) is 42.3 Å². The summed E-state index contributed by atoms with van der Waals surface area (Å²) >= 11 is 0. The first-order valence-electron chi connectivity index (χ1n) is 7.50. The molecule has 0 spiro atoms. The summed E-state index contributed by atoms with van der Waals surface area (Å²) in [6, 6.07) is 15.4. The topological polar surface area (TPSA) is 66.2 Å². The molecular weight excluding hydrogens is 290 g/mol. The van der Waals surface area contributed by atoms with Gasteiger partial charge < -0.3 is 20.4 Å². The Bertz CT molecular complexity index is 793. The molecule has 2 aromatic carbocycles. The van der Waals surface area contributed by atoms with E-state index in [2.05, 4.69) is 15.6 Å². The highest BCUT2D eigenvalue weighted by Crippen LogP contribution is 2.21. The van der Waals surface area contributed by atoms with E-state index in [1.165, 1.54) is 0 Å². The van der Waals surface area contributed by atoms with Crippen molar-refractivity contribution in [2.24, 2.45) is 0 Å². The van der Waals surface area contributed by atoms with Crippen molar-refractivity contribution in [3.05, 3.63) is 60.3 Å². The quantitative estimate of drug-likeness (QED) is 0.675. The molecule has 2 amide bonds. The highest BCUT2D eigenvalue weighted by molar-refractivity contribution is 6.00. The standard InChI is InChI=1S/C18H19N3O2/c1-23-14-7-5-13(6-8-14)9-11-20-18(22)21-17-4-2-3-16-15(17)10-12-19-16/h2-8,10,12,19H,9,11H2,1H3,(H2,20,21,22). The molecule has 0 unspecified atom stereocenters. The number of ether oxygens (including phenoxy) is 1. The van der Waals surface area contributed by atoms with Crippen LogP contribution in [0.4, 0.5) is 10.5 Å². The molecule has 5 heteroatoms. The van der Waals surface area contributed by atoms with Crippen molar-refractivity contribution < 1.29 is 9.53 Å². The van der Waals surface area contributed by atoms with Crippen LogP contribution in [0.5, 0.6) is 5.75 Å². The fraction of sp³-hybridized carbons (Fsp3) is 0.167. The monoisotopic (exact) mass is 309 g/mol. The molecular formula is C18H19N3O2. The third-order valence-electron chi connectivity index (χ3n) is 3.70. The van der Waals surface area contributed by atoms with Crippen LogP contribution in [0.3, 0.4) is 0 Å². The normalized spacial score (nSPS) is 10.5. The number of benzene rings is 2. The van der Waals surface area contributed by atoms with Gasteiger partial charge in [0.15, 0.2) is 0 Å². The molecule has 118 valence electrons. The number of rotatable bonds is 5. The number of hydrogen-bond acceptors (Lipinski definition) is 2. The van der Waals surface area contributed by atoms with E-state index in [1.807, 2.05) is 54.7 Å². The Kier molecular flexibility index (Phi) is 4.47. The fourth-order valence-corrected chi connectivity index (χ4v) is 2.47. The van der Waals surface area contributed by atoms with E-state index in [-0.39, 0.29) is 6.03 Å². The Morgan fingerprint density at radius 3 is 2.74 bits per heavy atom. The minimum atomic E-state index is -0.202. The van der Waals surface area contributed by atoms with Crippen molar-refractivity contribution >= 4 is 22.6 Å². The summed E-state index contributed by atoms with van der Waals surface area (Å²) in [6.45, 7) is 0.571. The van der Waals surface area contributed by atoms with E-state index < -0.39 is 0 Å². The molecule has 0 fully saturated rings. The Labute approximate surface area is 134 Å². The van der Waals surface area contributed by atoms with Crippen molar-refractivity contribution in [2.45, 2.75) is 6.42 Å². The van der Waals surface area contributed by atoms with Crippen molar-refractivity contribution in [1.29, 1.82) is 0 Å². The SMILES string of the molecule is COc1ccc(CCNC(=O)Nc2cccc3[nH]ccc23)cc1. The molecule has 1 aromatic heterocycles. The Balaban J connectivity index is 1.52.